The van der Waals surface area contributed by atoms with Crippen LogP contribution in [0.2, 0.25) is 0 Å². The molecule has 10 nitrogen and oxygen atoms in total. The fourth-order valence-corrected chi connectivity index (χ4v) is 3.50. The molecule has 10 heteroatoms. The number of aromatic nitrogens is 6. The van der Waals surface area contributed by atoms with Gasteiger partial charge in [-0.2, -0.15) is 0 Å². The first kappa shape index (κ1) is 18.7. The van der Waals surface area contributed by atoms with Crippen molar-refractivity contribution in [1.29, 1.82) is 0 Å². The summed E-state index contributed by atoms with van der Waals surface area (Å²) in [5, 5.41) is 18.6. The Bertz CT molecular complexity index is 1420. The molecule has 5 aromatic rings. The van der Waals surface area contributed by atoms with Crippen LogP contribution in [0.1, 0.15) is 27.6 Å². The van der Waals surface area contributed by atoms with Crippen LogP contribution in [0.5, 0.6) is 0 Å². The molecule has 0 saturated carbocycles. The molecule has 4 heterocycles. The van der Waals surface area contributed by atoms with Gasteiger partial charge in [-0.1, -0.05) is 11.2 Å². The molecule has 1 aromatic carbocycles. The van der Waals surface area contributed by atoms with E-state index >= 15 is 0 Å². The van der Waals surface area contributed by atoms with Gasteiger partial charge in [-0.15, -0.1) is 5.10 Å². The summed E-state index contributed by atoms with van der Waals surface area (Å²) < 4.78 is 12.5. The highest BCUT2D eigenvalue weighted by molar-refractivity contribution is 6.13. The van der Waals surface area contributed by atoms with E-state index in [0.717, 1.165) is 11.3 Å². The number of hydrogen-bond donors (Lipinski definition) is 1. The Morgan fingerprint density at radius 2 is 2.00 bits per heavy atom. The fourth-order valence-electron chi connectivity index (χ4n) is 3.50. The monoisotopic (exact) mass is 415 g/mol. The number of benzene rings is 1. The molecule has 0 atom stereocenters. The van der Waals surface area contributed by atoms with Gasteiger partial charge in [0.15, 0.2) is 0 Å². The van der Waals surface area contributed by atoms with Gasteiger partial charge in [0.1, 0.15) is 17.8 Å². The smallest absolute Gasteiger partial charge is 0.259 e. The molecule has 0 aliphatic carbocycles. The van der Waals surface area contributed by atoms with E-state index in [0.29, 0.717) is 45.2 Å². The highest BCUT2D eigenvalue weighted by Crippen LogP contribution is 2.31. The van der Waals surface area contributed by atoms with Gasteiger partial charge >= 0.3 is 0 Å². The van der Waals surface area contributed by atoms with Crippen molar-refractivity contribution in [1.82, 2.24) is 30.3 Å². The minimum Gasteiger partial charge on any atom is -0.466 e. The Labute approximate surface area is 175 Å². The quantitative estimate of drug-likeness (QED) is 0.472. The maximum atomic E-state index is 13.3. The van der Waals surface area contributed by atoms with Gasteiger partial charge in [0.2, 0.25) is 0 Å². The molecule has 0 fully saturated rings. The van der Waals surface area contributed by atoms with Gasteiger partial charge in [0, 0.05) is 11.3 Å². The Morgan fingerprint density at radius 3 is 2.74 bits per heavy atom. The molecule has 0 spiro atoms. The maximum Gasteiger partial charge on any atom is 0.259 e. The van der Waals surface area contributed by atoms with E-state index in [1.54, 1.807) is 25.1 Å². The molecule has 0 unspecified atom stereocenters. The normalized spacial score (nSPS) is 11.2. The molecule has 0 bridgehead atoms. The molecule has 154 valence electrons. The van der Waals surface area contributed by atoms with Crippen molar-refractivity contribution < 1.29 is 13.7 Å². The molecule has 5 rings (SSSR count). The van der Waals surface area contributed by atoms with E-state index in [4.69, 9.17) is 8.94 Å². The third kappa shape index (κ3) is 3.33. The lowest BCUT2D eigenvalue weighted by molar-refractivity contribution is 0.102. The predicted octanol–water partition coefficient (Wildman–Crippen LogP) is 3.64. The highest BCUT2D eigenvalue weighted by atomic mass is 16.5. The highest BCUT2D eigenvalue weighted by Gasteiger charge is 2.21. The van der Waals surface area contributed by atoms with E-state index in [9.17, 15) is 4.79 Å². The van der Waals surface area contributed by atoms with Crippen molar-refractivity contribution in [3.05, 3.63) is 65.5 Å². The topological polar surface area (TPSA) is 125 Å². The van der Waals surface area contributed by atoms with Gasteiger partial charge in [0.25, 0.3) is 11.6 Å². The number of hydrogen-bond acceptors (Lipinski definition) is 8. The van der Waals surface area contributed by atoms with Crippen LogP contribution in [-0.4, -0.2) is 36.3 Å². The van der Waals surface area contributed by atoms with Crippen molar-refractivity contribution in [2.45, 2.75) is 20.8 Å². The first-order chi connectivity index (χ1) is 15.0. The standard InChI is InChI=1S/C21H17N7O3/c1-11-7-16(13(3)30-11)18-9-17(19-12(2)25-31-21(19)24-18)20(29)23-14-5-4-6-15(8-14)28-10-22-26-27-28/h4-10H,1-3H3,(H,23,29). The average molecular weight is 415 g/mol. The summed E-state index contributed by atoms with van der Waals surface area (Å²) in [6, 6.07) is 10.8. The number of tetrazole rings is 1. The summed E-state index contributed by atoms with van der Waals surface area (Å²) in [5.41, 5.74) is 3.96. The lowest BCUT2D eigenvalue weighted by Gasteiger charge is -2.09. The summed E-state index contributed by atoms with van der Waals surface area (Å²) in [6.45, 7) is 5.48. The van der Waals surface area contributed by atoms with Crippen LogP contribution in [0.3, 0.4) is 0 Å². The summed E-state index contributed by atoms with van der Waals surface area (Å²) >= 11 is 0. The van der Waals surface area contributed by atoms with Gasteiger partial charge < -0.3 is 14.3 Å². The number of anilines is 1. The Morgan fingerprint density at radius 1 is 1.13 bits per heavy atom. The van der Waals surface area contributed by atoms with Crippen LogP contribution in [0.25, 0.3) is 28.0 Å². The third-order valence-electron chi connectivity index (χ3n) is 4.90. The van der Waals surface area contributed by atoms with E-state index in [-0.39, 0.29) is 5.91 Å². The van der Waals surface area contributed by atoms with Gasteiger partial charge in [-0.3, -0.25) is 4.79 Å². The minimum atomic E-state index is -0.313. The SMILES string of the molecule is Cc1cc(-c2cc(C(=O)Nc3cccc(-n4cnnn4)c3)c3c(C)noc3n2)c(C)o1. The summed E-state index contributed by atoms with van der Waals surface area (Å²) in [7, 11) is 0. The summed E-state index contributed by atoms with van der Waals surface area (Å²) in [4.78, 5) is 17.8. The van der Waals surface area contributed by atoms with Crippen molar-refractivity contribution in [2.75, 3.05) is 5.32 Å². The van der Waals surface area contributed by atoms with Crippen molar-refractivity contribution in [3.63, 3.8) is 0 Å². The van der Waals surface area contributed by atoms with Gasteiger partial charge in [-0.25, -0.2) is 9.67 Å². The number of carbonyl (C=O) groups excluding carboxylic acids is 1. The number of fused-ring (bicyclic) bond motifs is 1. The predicted molar refractivity (Wildman–Crippen MR) is 111 cm³/mol. The third-order valence-corrected chi connectivity index (χ3v) is 4.90. The molecule has 4 aromatic heterocycles. The van der Waals surface area contributed by atoms with Crippen LogP contribution < -0.4 is 5.32 Å². The second kappa shape index (κ2) is 7.17. The second-order valence-corrected chi connectivity index (χ2v) is 7.09. The number of amides is 1. The lowest BCUT2D eigenvalue weighted by Crippen LogP contribution is -2.13. The number of nitrogens with zero attached hydrogens (tertiary/aromatic N) is 6. The largest absolute Gasteiger partial charge is 0.466 e. The molecule has 31 heavy (non-hydrogen) atoms. The van der Waals surface area contributed by atoms with Crippen molar-refractivity contribution >= 4 is 22.7 Å². The van der Waals surface area contributed by atoms with E-state index in [1.807, 2.05) is 32.0 Å². The first-order valence-electron chi connectivity index (χ1n) is 9.49. The number of pyridine rings is 1. The molecule has 0 radical (unpaired) electrons. The number of rotatable bonds is 4. The Hall–Kier alpha value is -4.34. The van der Waals surface area contributed by atoms with Crippen LogP contribution in [0, 0.1) is 20.8 Å². The van der Waals surface area contributed by atoms with Gasteiger partial charge in [-0.05, 0) is 61.5 Å². The van der Waals surface area contributed by atoms with E-state index in [1.165, 1.54) is 11.0 Å². The molecular weight excluding hydrogens is 398 g/mol. The van der Waals surface area contributed by atoms with Crippen LogP contribution in [0.15, 0.2) is 51.7 Å². The van der Waals surface area contributed by atoms with Crippen molar-refractivity contribution in [2.24, 2.45) is 0 Å². The molecule has 1 N–H and O–H groups in total. The zero-order chi connectivity index (χ0) is 21.5. The van der Waals surface area contributed by atoms with Crippen molar-refractivity contribution in [3.8, 4) is 16.9 Å². The Balaban J connectivity index is 1.56. The fraction of sp³-hybridized carbons (Fsp3) is 0.143. The Kier molecular flexibility index (Phi) is 4.32. The maximum absolute atomic E-state index is 13.3. The van der Waals surface area contributed by atoms with Crippen LogP contribution >= 0.6 is 0 Å². The average Bonchev–Trinajstić information content (AvgIpc) is 3.48. The number of nitrogens with one attached hydrogen (secondary N) is 1. The summed E-state index contributed by atoms with van der Waals surface area (Å²) in [5.74, 6) is 1.15. The number of aryl methyl sites for hydroxylation is 3. The minimum absolute atomic E-state index is 0.292. The van der Waals surface area contributed by atoms with Crippen LogP contribution in [0.4, 0.5) is 5.69 Å². The number of furan rings is 1. The lowest BCUT2D eigenvalue weighted by atomic mass is 10.1. The molecular formula is C21H17N7O3. The van der Waals surface area contributed by atoms with Crippen LogP contribution in [-0.2, 0) is 0 Å². The zero-order valence-corrected chi connectivity index (χ0v) is 16.9. The molecule has 0 aliphatic heterocycles. The van der Waals surface area contributed by atoms with E-state index in [2.05, 4.69) is 31.0 Å². The van der Waals surface area contributed by atoms with Gasteiger partial charge in [0.05, 0.1) is 28.0 Å². The van der Waals surface area contributed by atoms with E-state index < -0.39 is 0 Å². The first-order valence-corrected chi connectivity index (χ1v) is 9.49. The molecule has 0 aliphatic rings. The second-order valence-electron chi connectivity index (χ2n) is 7.09. The zero-order valence-electron chi connectivity index (χ0n) is 16.9. The number of carbonyl (C=O) groups is 1. The molecule has 1 amide bonds. The summed E-state index contributed by atoms with van der Waals surface area (Å²) in [6.07, 6.45) is 1.48. The molecule has 0 saturated heterocycles.